The summed E-state index contributed by atoms with van der Waals surface area (Å²) in [5.74, 6) is 0. The van der Waals surface area contributed by atoms with Crippen molar-refractivity contribution in [2.24, 2.45) is 0 Å². The molecule has 0 spiro atoms. The van der Waals surface area contributed by atoms with E-state index in [1.807, 2.05) is 0 Å². The second-order valence-corrected chi connectivity index (χ2v) is 6.68. The van der Waals surface area contributed by atoms with Gasteiger partial charge in [0.15, 0.2) is 0 Å². The molecule has 1 aromatic rings. The maximum Gasteiger partial charge on any atom is 0.244 e. The van der Waals surface area contributed by atoms with Gasteiger partial charge in [-0.3, -0.25) is 0 Å². The van der Waals surface area contributed by atoms with Crippen molar-refractivity contribution in [3.63, 3.8) is 0 Å². The lowest BCUT2D eigenvalue weighted by Gasteiger charge is -2.18. The number of hydrogen-bond donors (Lipinski definition) is 0. The molecular formula is C11H15Cl2NO3S. The van der Waals surface area contributed by atoms with Crippen molar-refractivity contribution in [1.82, 2.24) is 4.31 Å². The molecular weight excluding hydrogens is 297 g/mol. The molecule has 0 aliphatic rings. The molecule has 0 bridgehead atoms. The molecule has 0 atom stereocenters. The lowest BCUT2D eigenvalue weighted by atomic mass is 10.2. The molecule has 0 saturated heterocycles. The highest BCUT2D eigenvalue weighted by atomic mass is 35.5. The maximum atomic E-state index is 12.3. The van der Waals surface area contributed by atoms with Crippen LogP contribution in [-0.2, 0) is 14.8 Å². The first-order chi connectivity index (χ1) is 8.30. The molecule has 7 heteroatoms. The lowest BCUT2D eigenvalue weighted by Crippen LogP contribution is -2.30. The number of rotatable bonds is 5. The van der Waals surface area contributed by atoms with Gasteiger partial charge in [0.2, 0.25) is 10.0 Å². The van der Waals surface area contributed by atoms with Gasteiger partial charge in [0, 0.05) is 25.7 Å². The van der Waals surface area contributed by atoms with Crippen molar-refractivity contribution in [2.75, 3.05) is 27.3 Å². The Bertz CT molecular complexity index is 531. The van der Waals surface area contributed by atoms with E-state index in [1.165, 1.54) is 30.6 Å². The van der Waals surface area contributed by atoms with Crippen LogP contribution >= 0.6 is 23.2 Å². The summed E-state index contributed by atoms with van der Waals surface area (Å²) in [5.41, 5.74) is 0.666. The van der Waals surface area contributed by atoms with Crippen LogP contribution < -0.4 is 0 Å². The van der Waals surface area contributed by atoms with E-state index in [1.54, 1.807) is 6.92 Å². The third-order valence-electron chi connectivity index (χ3n) is 2.51. The number of methoxy groups -OCH3 is 1. The van der Waals surface area contributed by atoms with Gasteiger partial charge in [-0.15, -0.1) is 0 Å². The van der Waals surface area contributed by atoms with Crippen molar-refractivity contribution < 1.29 is 13.2 Å². The van der Waals surface area contributed by atoms with Gasteiger partial charge in [-0.2, -0.15) is 4.31 Å². The van der Waals surface area contributed by atoms with E-state index in [0.29, 0.717) is 17.2 Å². The standard InChI is InChI=1S/C11H15Cl2NO3S/c1-8-6-11(10(13)7-9(8)12)18(15,16)14(2)4-5-17-3/h6-7H,4-5H2,1-3H3. The molecule has 0 aliphatic carbocycles. The largest absolute Gasteiger partial charge is 0.383 e. The molecule has 1 aromatic carbocycles. The summed E-state index contributed by atoms with van der Waals surface area (Å²) >= 11 is 11.8. The number of likely N-dealkylation sites (N-methyl/N-ethyl adjacent to an activating group) is 1. The fourth-order valence-corrected chi connectivity index (χ4v) is 3.29. The Morgan fingerprint density at radius 3 is 2.44 bits per heavy atom. The quantitative estimate of drug-likeness (QED) is 0.839. The van der Waals surface area contributed by atoms with Crippen molar-refractivity contribution in [3.05, 3.63) is 27.7 Å². The van der Waals surface area contributed by atoms with Gasteiger partial charge in [-0.25, -0.2) is 8.42 Å². The topological polar surface area (TPSA) is 46.6 Å². The van der Waals surface area contributed by atoms with Gasteiger partial charge in [-0.05, 0) is 24.6 Å². The third-order valence-corrected chi connectivity index (χ3v) is 5.24. The molecule has 0 heterocycles. The smallest absolute Gasteiger partial charge is 0.244 e. The number of benzene rings is 1. The molecule has 0 amide bonds. The minimum atomic E-state index is -3.62. The lowest BCUT2D eigenvalue weighted by molar-refractivity contribution is 0.185. The summed E-state index contributed by atoms with van der Waals surface area (Å²) in [6.45, 7) is 2.31. The fourth-order valence-electron chi connectivity index (χ4n) is 1.34. The number of ether oxygens (including phenoxy) is 1. The predicted octanol–water partition coefficient (Wildman–Crippen LogP) is 2.57. The van der Waals surface area contributed by atoms with E-state index in [9.17, 15) is 8.42 Å². The summed E-state index contributed by atoms with van der Waals surface area (Å²) in [4.78, 5) is 0.0599. The number of aryl methyl sites for hydroxylation is 1. The first-order valence-electron chi connectivity index (χ1n) is 5.21. The van der Waals surface area contributed by atoms with Gasteiger partial charge in [0.25, 0.3) is 0 Å². The zero-order valence-electron chi connectivity index (χ0n) is 10.4. The zero-order valence-corrected chi connectivity index (χ0v) is 12.7. The van der Waals surface area contributed by atoms with E-state index < -0.39 is 10.0 Å². The minimum Gasteiger partial charge on any atom is -0.383 e. The van der Waals surface area contributed by atoms with Crippen LogP contribution in [-0.4, -0.2) is 40.0 Å². The van der Waals surface area contributed by atoms with E-state index in [-0.39, 0.29) is 16.5 Å². The number of hydrogen-bond acceptors (Lipinski definition) is 3. The summed E-state index contributed by atoms with van der Waals surface area (Å²) in [5, 5.41) is 0.563. The molecule has 0 unspecified atom stereocenters. The molecule has 0 aromatic heterocycles. The molecule has 0 aliphatic heterocycles. The third kappa shape index (κ3) is 3.36. The Hall–Kier alpha value is -0.330. The van der Waals surface area contributed by atoms with Gasteiger partial charge in [0.05, 0.1) is 11.6 Å². The second-order valence-electron chi connectivity index (χ2n) is 3.85. The molecule has 4 nitrogen and oxygen atoms in total. The number of sulfonamides is 1. The first-order valence-corrected chi connectivity index (χ1v) is 7.41. The Morgan fingerprint density at radius 2 is 1.89 bits per heavy atom. The normalized spacial score (nSPS) is 12.1. The van der Waals surface area contributed by atoms with Crippen molar-refractivity contribution in [2.45, 2.75) is 11.8 Å². The Labute approximate surface area is 117 Å². The van der Waals surface area contributed by atoms with E-state index in [4.69, 9.17) is 27.9 Å². The van der Waals surface area contributed by atoms with E-state index in [2.05, 4.69) is 0 Å². The van der Waals surface area contributed by atoms with Crippen LogP contribution in [0.25, 0.3) is 0 Å². The van der Waals surface area contributed by atoms with Crippen LogP contribution in [0.5, 0.6) is 0 Å². The SMILES string of the molecule is COCCN(C)S(=O)(=O)c1cc(C)c(Cl)cc1Cl. The molecule has 102 valence electrons. The average Bonchev–Trinajstić information content (AvgIpc) is 2.30. The van der Waals surface area contributed by atoms with Crippen LogP contribution in [0.4, 0.5) is 0 Å². The Morgan fingerprint density at radius 1 is 1.28 bits per heavy atom. The van der Waals surface area contributed by atoms with Crippen molar-refractivity contribution in [3.8, 4) is 0 Å². The highest BCUT2D eigenvalue weighted by Gasteiger charge is 2.24. The first kappa shape index (κ1) is 15.7. The van der Waals surface area contributed by atoms with Gasteiger partial charge in [-0.1, -0.05) is 23.2 Å². The highest BCUT2D eigenvalue weighted by molar-refractivity contribution is 7.89. The average molecular weight is 312 g/mol. The summed E-state index contributed by atoms with van der Waals surface area (Å²) < 4.78 is 30.6. The number of halogens is 2. The van der Waals surface area contributed by atoms with E-state index in [0.717, 1.165) is 0 Å². The van der Waals surface area contributed by atoms with Crippen LogP contribution in [0, 0.1) is 6.92 Å². The summed E-state index contributed by atoms with van der Waals surface area (Å²) in [6.07, 6.45) is 0. The predicted molar refractivity (Wildman–Crippen MR) is 72.9 cm³/mol. The fraction of sp³-hybridized carbons (Fsp3) is 0.455. The Balaban J connectivity index is 3.16. The summed E-state index contributed by atoms with van der Waals surface area (Å²) in [6, 6.07) is 2.92. The molecule has 0 saturated carbocycles. The van der Waals surface area contributed by atoms with Crippen LogP contribution in [0.3, 0.4) is 0 Å². The van der Waals surface area contributed by atoms with Gasteiger partial charge < -0.3 is 4.74 Å². The molecule has 18 heavy (non-hydrogen) atoms. The van der Waals surface area contributed by atoms with Gasteiger partial charge in [0.1, 0.15) is 4.90 Å². The highest BCUT2D eigenvalue weighted by Crippen LogP contribution is 2.29. The maximum absolute atomic E-state index is 12.3. The van der Waals surface area contributed by atoms with Crippen LogP contribution in [0.2, 0.25) is 10.0 Å². The van der Waals surface area contributed by atoms with Crippen molar-refractivity contribution in [1.29, 1.82) is 0 Å². The Kier molecular flexibility index (Phi) is 5.43. The van der Waals surface area contributed by atoms with Crippen LogP contribution in [0.15, 0.2) is 17.0 Å². The minimum absolute atomic E-state index is 0.0599. The summed E-state index contributed by atoms with van der Waals surface area (Å²) in [7, 11) is -0.624. The van der Waals surface area contributed by atoms with Crippen LogP contribution in [0.1, 0.15) is 5.56 Å². The molecule has 0 fully saturated rings. The van der Waals surface area contributed by atoms with Crippen molar-refractivity contribution >= 4 is 33.2 Å². The number of nitrogens with zero attached hydrogens (tertiary/aromatic N) is 1. The monoisotopic (exact) mass is 311 g/mol. The zero-order chi connectivity index (χ0) is 13.9. The molecule has 1 rings (SSSR count). The molecule has 0 N–H and O–H groups in total. The molecule has 0 radical (unpaired) electrons. The van der Waals surface area contributed by atoms with E-state index >= 15 is 0 Å². The second kappa shape index (κ2) is 6.21. The van der Waals surface area contributed by atoms with Gasteiger partial charge >= 0.3 is 0 Å².